The standard InChI is InChI=1S/C42H26N2/c1-3-10-27(11-4-1)36-26-43(31-14-5-2-6-15-31)41-34(36)24-23-33-32-16-7-8-17-37(32)44(42(33)41)38-25-21-30-19-18-28-12-9-13-29-20-22-35(38)40(30)39(28)29/h1-26H. The van der Waals surface area contributed by atoms with Crippen molar-refractivity contribution in [3.05, 3.63) is 158 Å². The van der Waals surface area contributed by atoms with Crippen molar-refractivity contribution < 1.29 is 0 Å². The molecule has 0 aliphatic heterocycles. The van der Waals surface area contributed by atoms with Gasteiger partial charge in [-0.15, -0.1) is 0 Å². The molecule has 204 valence electrons. The van der Waals surface area contributed by atoms with Crippen LogP contribution in [0.1, 0.15) is 0 Å². The SMILES string of the molecule is c1ccc(-c2cn(-c3ccccc3)c3c2ccc2c4ccccc4n(-c4ccc5ccc6cccc7ccc4c5c67)c23)cc1. The largest absolute Gasteiger partial charge is 0.314 e. The summed E-state index contributed by atoms with van der Waals surface area (Å²) in [4.78, 5) is 0. The van der Waals surface area contributed by atoms with Gasteiger partial charge in [0.1, 0.15) is 0 Å². The van der Waals surface area contributed by atoms with Gasteiger partial charge < -0.3 is 9.13 Å². The van der Waals surface area contributed by atoms with E-state index in [-0.39, 0.29) is 0 Å². The number of rotatable bonds is 3. The Morgan fingerprint density at radius 1 is 0.386 bits per heavy atom. The van der Waals surface area contributed by atoms with Gasteiger partial charge in [-0.05, 0) is 56.8 Å². The van der Waals surface area contributed by atoms with Crippen molar-refractivity contribution in [2.45, 2.75) is 0 Å². The smallest absolute Gasteiger partial charge is 0.0788 e. The number of hydrogen-bond acceptors (Lipinski definition) is 0. The van der Waals surface area contributed by atoms with Crippen LogP contribution in [-0.2, 0) is 0 Å². The van der Waals surface area contributed by atoms with Crippen LogP contribution in [0.2, 0.25) is 0 Å². The number of fused-ring (bicyclic) bond motifs is 5. The molecule has 0 aliphatic carbocycles. The average Bonchev–Trinajstić information content (AvgIpc) is 3.64. The Morgan fingerprint density at radius 2 is 1.02 bits per heavy atom. The Kier molecular flexibility index (Phi) is 4.75. The summed E-state index contributed by atoms with van der Waals surface area (Å²) in [5, 5.41) is 11.6. The van der Waals surface area contributed by atoms with E-state index in [2.05, 4.69) is 167 Å². The van der Waals surface area contributed by atoms with Gasteiger partial charge in [-0.2, -0.15) is 0 Å². The van der Waals surface area contributed by atoms with E-state index in [1.807, 2.05) is 0 Å². The van der Waals surface area contributed by atoms with Crippen molar-refractivity contribution >= 4 is 65.0 Å². The van der Waals surface area contributed by atoms with Gasteiger partial charge in [0, 0.05) is 39.0 Å². The van der Waals surface area contributed by atoms with Gasteiger partial charge in [-0.25, -0.2) is 0 Å². The molecule has 0 saturated heterocycles. The number of hydrogen-bond donors (Lipinski definition) is 0. The van der Waals surface area contributed by atoms with Gasteiger partial charge in [-0.3, -0.25) is 0 Å². The summed E-state index contributed by atoms with van der Waals surface area (Å²) in [6.45, 7) is 0. The maximum atomic E-state index is 2.52. The van der Waals surface area contributed by atoms with Crippen LogP contribution < -0.4 is 0 Å². The Labute approximate surface area is 254 Å². The fraction of sp³-hybridized carbons (Fsp3) is 0. The van der Waals surface area contributed by atoms with Crippen molar-refractivity contribution in [1.82, 2.24) is 9.13 Å². The number of aromatic nitrogens is 2. The highest BCUT2D eigenvalue weighted by molar-refractivity contribution is 6.26. The lowest BCUT2D eigenvalue weighted by atomic mass is 9.93. The van der Waals surface area contributed by atoms with Crippen LogP contribution in [0.25, 0.3) is 87.5 Å². The third-order valence-corrected chi connectivity index (χ3v) is 9.46. The van der Waals surface area contributed by atoms with Crippen LogP contribution in [0, 0.1) is 0 Å². The maximum Gasteiger partial charge on any atom is 0.0788 e. The van der Waals surface area contributed by atoms with Gasteiger partial charge in [0.25, 0.3) is 0 Å². The number of nitrogens with zero attached hydrogens (tertiary/aromatic N) is 2. The second kappa shape index (κ2) is 8.82. The summed E-state index contributed by atoms with van der Waals surface area (Å²) in [6, 6.07) is 55.4. The topological polar surface area (TPSA) is 9.86 Å². The molecule has 0 unspecified atom stereocenters. The molecule has 10 rings (SSSR count). The second-order valence-corrected chi connectivity index (χ2v) is 11.8. The van der Waals surface area contributed by atoms with Crippen LogP contribution in [0.3, 0.4) is 0 Å². The molecule has 0 amide bonds. The minimum absolute atomic E-state index is 1.15. The molecule has 2 aromatic heterocycles. The molecule has 2 heteroatoms. The van der Waals surface area contributed by atoms with E-state index >= 15 is 0 Å². The molecule has 0 spiro atoms. The molecular formula is C42H26N2. The number of benzene rings is 8. The first-order valence-corrected chi connectivity index (χ1v) is 15.2. The summed E-state index contributed by atoms with van der Waals surface area (Å²) in [5.74, 6) is 0. The quantitative estimate of drug-likeness (QED) is 0.191. The Hall–Kier alpha value is -5.86. The van der Waals surface area contributed by atoms with E-state index < -0.39 is 0 Å². The van der Waals surface area contributed by atoms with E-state index in [0.717, 1.165) is 5.69 Å². The normalized spacial score (nSPS) is 12.1. The minimum Gasteiger partial charge on any atom is -0.314 e. The molecule has 0 N–H and O–H groups in total. The van der Waals surface area contributed by atoms with Crippen molar-refractivity contribution in [1.29, 1.82) is 0 Å². The third-order valence-electron chi connectivity index (χ3n) is 9.46. The average molecular weight is 559 g/mol. The lowest BCUT2D eigenvalue weighted by Crippen LogP contribution is -1.99. The fourth-order valence-electron chi connectivity index (χ4n) is 7.57. The lowest BCUT2D eigenvalue weighted by Gasteiger charge is -2.17. The molecule has 0 radical (unpaired) electrons. The van der Waals surface area contributed by atoms with E-state index in [0.29, 0.717) is 0 Å². The fourth-order valence-corrected chi connectivity index (χ4v) is 7.57. The van der Waals surface area contributed by atoms with Crippen LogP contribution in [0.4, 0.5) is 0 Å². The minimum atomic E-state index is 1.15. The van der Waals surface area contributed by atoms with Crippen molar-refractivity contribution in [3.8, 4) is 22.5 Å². The molecule has 0 atom stereocenters. The van der Waals surface area contributed by atoms with Crippen LogP contribution in [-0.4, -0.2) is 9.13 Å². The Bertz CT molecular complexity index is 2680. The third kappa shape index (κ3) is 3.14. The van der Waals surface area contributed by atoms with Crippen LogP contribution >= 0.6 is 0 Å². The predicted octanol–water partition coefficient (Wildman–Crippen LogP) is 11.3. The molecule has 0 bridgehead atoms. The molecule has 2 nitrogen and oxygen atoms in total. The molecule has 10 aromatic rings. The van der Waals surface area contributed by atoms with Gasteiger partial charge in [0.05, 0.1) is 22.2 Å². The van der Waals surface area contributed by atoms with E-state index in [9.17, 15) is 0 Å². The zero-order valence-corrected chi connectivity index (χ0v) is 23.9. The van der Waals surface area contributed by atoms with Crippen molar-refractivity contribution in [3.63, 3.8) is 0 Å². The first-order chi connectivity index (χ1) is 21.8. The highest BCUT2D eigenvalue weighted by Crippen LogP contribution is 2.44. The van der Waals surface area contributed by atoms with Gasteiger partial charge in [0.15, 0.2) is 0 Å². The molecular weight excluding hydrogens is 532 g/mol. The van der Waals surface area contributed by atoms with Gasteiger partial charge in [0.2, 0.25) is 0 Å². The highest BCUT2D eigenvalue weighted by atomic mass is 15.0. The molecule has 44 heavy (non-hydrogen) atoms. The summed E-state index contributed by atoms with van der Waals surface area (Å²) >= 11 is 0. The molecule has 8 aromatic carbocycles. The van der Waals surface area contributed by atoms with E-state index in [1.165, 1.54) is 81.8 Å². The summed E-state index contributed by atoms with van der Waals surface area (Å²) in [7, 11) is 0. The zero-order chi connectivity index (χ0) is 28.8. The van der Waals surface area contributed by atoms with Crippen molar-refractivity contribution in [2.75, 3.05) is 0 Å². The van der Waals surface area contributed by atoms with Crippen LogP contribution in [0.5, 0.6) is 0 Å². The first kappa shape index (κ1) is 23.7. The Balaban J connectivity index is 1.43. The lowest BCUT2D eigenvalue weighted by molar-refractivity contribution is 1.12. The van der Waals surface area contributed by atoms with Crippen LogP contribution in [0.15, 0.2) is 158 Å². The first-order valence-electron chi connectivity index (χ1n) is 15.2. The molecule has 0 saturated carbocycles. The van der Waals surface area contributed by atoms with Gasteiger partial charge >= 0.3 is 0 Å². The molecule has 0 fully saturated rings. The maximum absolute atomic E-state index is 2.52. The van der Waals surface area contributed by atoms with Crippen molar-refractivity contribution in [2.24, 2.45) is 0 Å². The molecule has 2 heterocycles. The summed E-state index contributed by atoms with van der Waals surface area (Å²) in [5.41, 5.74) is 8.47. The monoisotopic (exact) mass is 558 g/mol. The number of para-hydroxylation sites is 2. The van der Waals surface area contributed by atoms with E-state index in [1.54, 1.807) is 0 Å². The van der Waals surface area contributed by atoms with E-state index in [4.69, 9.17) is 0 Å². The highest BCUT2D eigenvalue weighted by Gasteiger charge is 2.22. The zero-order valence-electron chi connectivity index (χ0n) is 23.9. The predicted molar refractivity (Wildman–Crippen MR) is 187 cm³/mol. The second-order valence-electron chi connectivity index (χ2n) is 11.8. The van der Waals surface area contributed by atoms with Gasteiger partial charge in [-0.1, -0.05) is 127 Å². The summed E-state index contributed by atoms with van der Waals surface area (Å²) < 4.78 is 4.92. The Morgan fingerprint density at radius 3 is 1.84 bits per heavy atom. The molecule has 0 aliphatic rings. The summed E-state index contributed by atoms with van der Waals surface area (Å²) in [6.07, 6.45) is 2.32.